The molecule has 2 N–H and O–H groups in total. The van der Waals surface area contributed by atoms with Crippen molar-refractivity contribution in [2.75, 3.05) is 0 Å². The molecule has 1 unspecified atom stereocenters. The number of ketones is 1. The molecule has 0 saturated heterocycles. The highest BCUT2D eigenvalue weighted by molar-refractivity contribution is 6.01. The topological polar surface area (TPSA) is 57.5 Å². The van der Waals surface area contributed by atoms with E-state index in [4.69, 9.17) is 0 Å². The third-order valence-electron chi connectivity index (χ3n) is 2.54. The van der Waals surface area contributed by atoms with Crippen LogP contribution in [-0.2, 0) is 0 Å². The summed E-state index contributed by atoms with van der Waals surface area (Å²) < 4.78 is 0. The fourth-order valence-electron chi connectivity index (χ4n) is 1.64. The van der Waals surface area contributed by atoms with Crippen molar-refractivity contribution >= 4 is 5.78 Å². The molecule has 0 heterocycles. The number of aliphatic hydroxyl groups is 2. The highest BCUT2D eigenvalue weighted by Gasteiger charge is 2.25. The molecular weight excluding hydrogens is 204 g/mol. The Morgan fingerprint density at radius 3 is 2.31 bits per heavy atom. The maximum Gasteiger partial charge on any atom is 0.193 e. The zero-order valence-electron chi connectivity index (χ0n) is 10.1. The molecule has 0 aliphatic carbocycles. The van der Waals surface area contributed by atoms with Gasteiger partial charge in [-0.15, -0.1) is 0 Å². The minimum absolute atomic E-state index is 0.312. The van der Waals surface area contributed by atoms with E-state index in [9.17, 15) is 15.0 Å². The van der Waals surface area contributed by atoms with Crippen molar-refractivity contribution in [2.24, 2.45) is 0 Å². The smallest absolute Gasteiger partial charge is 0.193 e. The molecule has 0 radical (unpaired) electrons. The van der Waals surface area contributed by atoms with Crippen LogP contribution in [0.5, 0.6) is 0 Å². The van der Waals surface area contributed by atoms with Crippen LogP contribution in [-0.4, -0.2) is 21.6 Å². The fourth-order valence-corrected chi connectivity index (χ4v) is 1.64. The number of benzene rings is 1. The summed E-state index contributed by atoms with van der Waals surface area (Å²) in [5.74, 6) is -0.312. The van der Waals surface area contributed by atoms with Crippen molar-refractivity contribution in [3.8, 4) is 0 Å². The third kappa shape index (κ3) is 2.68. The Kier molecular flexibility index (Phi) is 3.51. The van der Waals surface area contributed by atoms with Gasteiger partial charge in [0.2, 0.25) is 0 Å². The van der Waals surface area contributed by atoms with Gasteiger partial charge in [0.05, 0.1) is 6.10 Å². The second-order valence-electron chi connectivity index (χ2n) is 4.64. The Labute approximate surface area is 95.7 Å². The molecule has 0 bridgehead atoms. The molecule has 0 aliphatic rings. The van der Waals surface area contributed by atoms with E-state index in [0.717, 1.165) is 11.1 Å². The molecule has 88 valence electrons. The molecule has 1 rings (SSSR count). The zero-order valence-corrected chi connectivity index (χ0v) is 10.1. The van der Waals surface area contributed by atoms with E-state index in [0.29, 0.717) is 5.56 Å². The summed E-state index contributed by atoms with van der Waals surface area (Å²) in [6.45, 7) is 6.45. The Morgan fingerprint density at radius 2 is 1.94 bits per heavy atom. The van der Waals surface area contributed by atoms with Gasteiger partial charge in [0.15, 0.2) is 5.78 Å². The first-order valence-electron chi connectivity index (χ1n) is 5.29. The van der Waals surface area contributed by atoms with E-state index in [1.807, 2.05) is 6.92 Å². The second-order valence-corrected chi connectivity index (χ2v) is 4.64. The van der Waals surface area contributed by atoms with Gasteiger partial charge >= 0.3 is 0 Å². The molecule has 0 amide bonds. The predicted octanol–water partition coefficient (Wildman–Crippen LogP) is 2.00. The maximum atomic E-state index is 11.8. The first kappa shape index (κ1) is 12.9. The van der Waals surface area contributed by atoms with Gasteiger partial charge in [-0.05, 0) is 44.9 Å². The number of aliphatic hydroxyl groups excluding tert-OH is 1. The van der Waals surface area contributed by atoms with E-state index in [2.05, 4.69) is 0 Å². The first-order valence-corrected chi connectivity index (χ1v) is 5.29. The Hall–Kier alpha value is -1.19. The third-order valence-corrected chi connectivity index (χ3v) is 2.54. The van der Waals surface area contributed by atoms with Gasteiger partial charge in [0, 0.05) is 5.56 Å². The van der Waals surface area contributed by atoms with Crippen molar-refractivity contribution in [3.63, 3.8) is 0 Å². The minimum atomic E-state index is -1.36. The lowest BCUT2D eigenvalue weighted by Crippen LogP contribution is -2.31. The Morgan fingerprint density at radius 1 is 1.38 bits per heavy atom. The van der Waals surface area contributed by atoms with Crippen molar-refractivity contribution < 1.29 is 15.0 Å². The summed E-state index contributed by atoms with van der Waals surface area (Å²) in [5.41, 5.74) is 0.755. The largest absolute Gasteiger partial charge is 0.389 e. The standard InChI is InChI=1S/C13H18O3/c1-8-7-10(12(15)13(3,4)16)5-6-11(8)9(2)14/h5-7,9,14,16H,1-4H3. The summed E-state index contributed by atoms with van der Waals surface area (Å²) in [4.78, 5) is 11.8. The maximum absolute atomic E-state index is 11.8. The molecule has 3 heteroatoms. The normalized spacial score (nSPS) is 13.6. The van der Waals surface area contributed by atoms with Crippen molar-refractivity contribution in [1.29, 1.82) is 0 Å². The lowest BCUT2D eigenvalue weighted by Gasteiger charge is -2.17. The monoisotopic (exact) mass is 222 g/mol. The molecule has 0 saturated carbocycles. The van der Waals surface area contributed by atoms with Gasteiger partial charge in [-0.1, -0.05) is 12.1 Å². The summed E-state index contributed by atoms with van der Waals surface area (Å²) in [6.07, 6.45) is -0.550. The highest BCUT2D eigenvalue weighted by Crippen LogP contribution is 2.21. The molecule has 0 spiro atoms. The van der Waals surface area contributed by atoms with Crippen LogP contribution in [0.4, 0.5) is 0 Å². The van der Waals surface area contributed by atoms with E-state index in [1.165, 1.54) is 13.8 Å². The van der Waals surface area contributed by atoms with Crippen LogP contribution in [0.3, 0.4) is 0 Å². The van der Waals surface area contributed by atoms with Crippen LogP contribution in [0.2, 0.25) is 0 Å². The molecule has 0 aromatic heterocycles. The molecule has 3 nitrogen and oxygen atoms in total. The lowest BCUT2D eigenvalue weighted by atomic mass is 9.93. The summed E-state index contributed by atoms with van der Waals surface area (Å²) >= 11 is 0. The zero-order chi connectivity index (χ0) is 12.5. The van der Waals surface area contributed by atoms with Crippen LogP contribution < -0.4 is 0 Å². The molecule has 0 fully saturated rings. The van der Waals surface area contributed by atoms with Crippen LogP contribution in [0.15, 0.2) is 18.2 Å². The molecule has 16 heavy (non-hydrogen) atoms. The number of Topliss-reactive ketones (excluding diaryl/α,β-unsaturated/α-hetero) is 1. The summed E-state index contributed by atoms with van der Waals surface area (Å²) in [6, 6.07) is 5.05. The van der Waals surface area contributed by atoms with Crippen molar-refractivity contribution in [1.82, 2.24) is 0 Å². The number of rotatable bonds is 3. The quantitative estimate of drug-likeness (QED) is 0.769. The van der Waals surface area contributed by atoms with Gasteiger partial charge in [-0.25, -0.2) is 0 Å². The van der Waals surface area contributed by atoms with E-state index < -0.39 is 11.7 Å². The minimum Gasteiger partial charge on any atom is -0.389 e. The Bertz CT molecular complexity index is 400. The van der Waals surface area contributed by atoms with Gasteiger partial charge in [0.25, 0.3) is 0 Å². The fraction of sp³-hybridized carbons (Fsp3) is 0.462. The van der Waals surface area contributed by atoms with E-state index >= 15 is 0 Å². The molecule has 1 aromatic rings. The van der Waals surface area contributed by atoms with Gasteiger partial charge in [-0.2, -0.15) is 0 Å². The van der Waals surface area contributed by atoms with Gasteiger partial charge in [-0.3, -0.25) is 4.79 Å². The van der Waals surface area contributed by atoms with E-state index in [1.54, 1.807) is 25.1 Å². The molecule has 0 aliphatic heterocycles. The molecular formula is C13H18O3. The summed E-state index contributed by atoms with van der Waals surface area (Å²) in [7, 11) is 0. The highest BCUT2D eigenvalue weighted by atomic mass is 16.3. The van der Waals surface area contributed by atoms with Gasteiger partial charge in [0.1, 0.15) is 5.60 Å². The van der Waals surface area contributed by atoms with Crippen molar-refractivity contribution in [2.45, 2.75) is 39.4 Å². The van der Waals surface area contributed by atoms with Gasteiger partial charge < -0.3 is 10.2 Å². The predicted molar refractivity (Wildman–Crippen MR) is 62.4 cm³/mol. The number of carbonyl (C=O) groups is 1. The van der Waals surface area contributed by atoms with Crippen LogP contribution in [0, 0.1) is 6.92 Å². The second kappa shape index (κ2) is 4.36. The summed E-state index contributed by atoms with van der Waals surface area (Å²) in [5, 5.41) is 19.1. The average molecular weight is 222 g/mol. The number of hydrogen-bond acceptors (Lipinski definition) is 3. The molecule has 1 atom stereocenters. The first-order chi connectivity index (χ1) is 7.23. The van der Waals surface area contributed by atoms with Crippen LogP contribution in [0.1, 0.15) is 48.4 Å². The number of aryl methyl sites for hydroxylation is 1. The Balaban J connectivity index is 3.12. The van der Waals surface area contributed by atoms with Crippen LogP contribution >= 0.6 is 0 Å². The molecule has 1 aromatic carbocycles. The number of hydrogen-bond donors (Lipinski definition) is 2. The lowest BCUT2D eigenvalue weighted by molar-refractivity contribution is 0.0488. The van der Waals surface area contributed by atoms with Crippen molar-refractivity contribution in [3.05, 3.63) is 34.9 Å². The SMILES string of the molecule is Cc1cc(C(=O)C(C)(C)O)ccc1C(C)O. The average Bonchev–Trinajstić information content (AvgIpc) is 2.14. The number of carbonyl (C=O) groups excluding carboxylic acids is 1. The van der Waals surface area contributed by atoms with Crippen LogP contribution in [0.25, 0.3) is 0 Å². The van der Waals surface area contributed by atoms with E-state index in [-0.39, 0.29) is 5.78 Å².